The molecule has 1 saturated carbocycles. The summed E-state index contributed by atoms with van der Waals surface area (Å²) in [6, 6.07) is -0.270. The summed E-state index contributed by atoms with van der Waals surface area (Å²) in [6.45, 7) is 0.815. The van der Waals surface area contributed by atoms with Crippen LogP contribution in [0.2, 0.25) is 0 Å². The van der Waals surface area contributed by atoms with Crippen molar-refractivity contribution in [1.82, 2.24) is 10.2 Å². The summed E-state index contributed by atoms with van der Waals surface area (Å²) in [7, 11) is 0. The highest BCUT2D eigenvalue weighted by Crippen LogP contribution is 2.40. The van der Waals surface area contributed by atoms with Gasteiger partial charge < -0.3 is 10.1 Å². The van der Waals surface area contributed by atoms with E-state index in [4.69, 9.17) is 4.74 Å². The predicted octanol–water partition coefficient (Wildman–Crippen LogP) is 0.106. The lowest BCUT2D eigenvalue weighted by Crippen LogP contribution is -2.45. The van der Waals surface area contributed by atoms with Crippen molar-refractivity contribution in [2.24, 2.45) is 5.92 Å². The van der Waals surface area contributed by atoms with Gasteiger partial charge in [-0.15, -0.1) is 0 Å². The van der Waals surface area contributed by atoms with Crippen molar-refractivity contribution >= 4 is 11.9 Å². The van der Waals surface area contributed by atoms with Gasteiger partial charge in [-0.05, 0) is 25.2 Å². The predicted molar refractivity (Wildman–Crippen MR) is 51.1 cm³/mol. The molecule has 1 aliphatic carbocycles. The summed E-state index contributed by atoms with van der Waals surface area (Å²) in [6.07, 6.45) is 3.23. The standard InChI is InChI=1S/C10H14N2O3/c13-8-5-11-10(14)12(8)7-3-4-15-9(7)6-1-2-6/h6-7,9H,1-5H2,(H,11,14). The van der Waals surface area contributed by atoms with Gasteiger partial charge in [-0.25, -0.2) is 4.79 Å². The molecule has 3 fully saturated rings. The minimum Gasteiger partial charge on any atom is -0.376 e. The van der Waals surface area contributed by atoms with Crippen molar-refractivity contribution < 1.29 is 14.3 Å². The third-order valence-corrected chi connectivity index (χ3v) is 3.40. The molecule has 2 unspecified atom stereocenters. The van der Waals surface area contributed by atoms with Crippen LogP contribution in [-0.2, 0) is 9.53 Å². The van der Waals surface area contributed by atoms with Crippen LogP contribution in [0.15, 0.2) is 0 Å². The molecule has 0 aromatic carbocycles. The number of hydrogen-bond donors (Lipinski definition) is 1. The van der Waals surface area contributed by atoms with E-state index in [2.05, 4.69) is 5.32 Å². The maximum atomic E-state index is 11.5. The van der Waals surface area contributed by atoms with Gasteiger partial charge in [0.05, 0.1) is 18.7 Å². The van der Waals surface area contributed by atoms with Crippen molar-refractivity contribution in [1.29, 1.82) is 0 Å². The van der Waals surface area contributed by atoms with Crippen molar-refractivity contribution in [3.8, 4) is 0 Å². The summed E-state index contributed by atoms with van der Waals surface area (Å²) in [5.41, 5.74) is 0. The largest absolute Gasteiger partial charge is 0.376 e. The van der Waals surface area contributed by atoms with Gasteiger partial charge in [0.2, 0.25) is 5.91 Å². The minimum atomic E-state index is -0.249. The van der Waals surface area contributed by atoms with Gasteiger partial charge in [0, 0.05) is 6.61 Å². The van der Waals surface area contributed by atoms with E-state index in [1.165, 1.54) is 17.7 Å². The quantitative estimate of drug-likeness (QED) is 0.658. The average Bonchev–Trinajstić information content (AvgIpc) is 2.87. The van der Waals surface area contributed by atoms with E-state index in [0.29, 0.717) is 12.5 Å². The van der Waals surface area contributed by atoms with Gasteiger partial charge in [0.1, 0.15) is 0 Å². The average molecular weight is 210 g/mol. The van der Waals surface area contributed by atoms with Crippen LogP contribution < -0.4 is 5.32 Å². The SMILES string of the molecule is O=C1CNC(=O)N1C1CCOC1C1CC1. The number of urea groups is 1. The number of amides is 3. The van der Waals surface area contributed by atoms with E-state index in [0.717, 1.165) is 6.42 Å². The highest BCUT2D eigenvalue weighted by molar-refractivity contribution is 6.02. The second-order valence-electron chi connectivity index (χ2n) is 4.45. The van der Waals surface area contributed by atoms with Crippen LogP contribution in [0.1, 0.15) is 19.3 Å². The summed E-state index contributed by atoms with van der Waals surface area (Å²) in [5.74, 6) is 0.458. The summed E-state index contributed by atoms with van der Waals surface area (Å²) >= 11 is 0. The fourth-order valence-corrected chi connectivity index (χ4v) is 2.52. The van der Waals surface area contributed by atoms with Gasteiger partial charge in [-0.1, -0.05) is 0 Å². The molecule has 0 spiro atoms. The van der Waals surface area contributed by atoms with Crippen molar-refractivity contribution in [2.45, 2.75) is 31.4 Å². The highest BCUT2D eigenvalue weighted by atomic mass is 16.5. The molecule has 2 saturated heterocycles. The Bertz CT molecular complexity index is 298. The Labute approximate surface area is 87.8 Å². The molecular weight excluding hydrogens is 196 g/mol. The van der Waals surface area contributed by atoms with E-state index in [1.54, 1.807) is 0 Å². The second-order valence-corrected chi connectivity index (χ2v) is 4.45. The number of nitrogens with one attached hydrogen (secondary N) is 1. The van der Waals surface area contributed by atoms with Crippen LogP contribution in [0.25, 0.3) is 0 Å². The maximum absolute atomic E-state index is 11.5. The van der Waals surface area contributed by atoms with E-state index in [1.807, 2.05) is 0 Å². The molecule has 1 N–H and O–H groups in total. The Morgan fingerprint density at radius 1 is 1.27 bits per heavy atom. The second kappa shape index (κ2) is 3.20. The normalized spacial score (nSPS) is 36.1. The Balaban J connectivity index is 1.79. The van der Waals surface area contributed by atoms with Crippen molar-refractivity contribution in [2.75, 3.05) is 13.2 Å². The molecule has 3 aliphatic rings. The van der Waals surface area contributed by atoms with Gasteiger partial charge in [-0.3, -0.25) is 9.69 Å². The molecule has 2 aliphatic heterocycles. The Morgan fingerprint density at radius 3 is 2.67 bits per heavy atom. The van der Waals surface area contributed by atoms with Crippen molar-refractivity contribution in [3.63, 3.8) is 0 Å². The van der Waals surface area contributed by atoms with Gasteiger partial charge in [0.25, 0.3) is 0 Å². The molecule has 0 aromatic heterocycles. The zero-order chi connectivity index (χ0) is 10.4. The molecule has 2 heterocycles. The number of carbonyl (C=O) groups is 2. The molecule has 5 nitrogen and oxygen atoms in total. The number of imide groups is 1. The smallest absolute Gasteiger partial charge is 0.324 e. The summed E-state index contributed by atoms with van der Waals surface area (Å²) in [5, 5.41) is 2.56. The van der Waals surface area contributed by atoms with Crippen LogP contribution in [0, 0.1) is 5.92 Å². The topological polar surface area (TPSA) is 58.6 Å². The van der Waals surface area contributed by atoms with E-state index >= 15 is 0 Å². The first kappa shape index (κ1) is 9.15. The molecule has 15 heavy (non-hydrogen) atoms. The summed E-state index contributed by atoms with van der Waals surface area (Å²) in [4.78, 5) is 24.4. The van der Waals surface area contributed by atoms with Crippen molar-refractivity contribution in [3.05, 3.63) is 0 Å². The fourth-order valence-electron chi connectivity index (χ4n) is 2.52. The number of hydrogen-bond acceptors (Lipinski definition) is 3. The Hall–Kier alpha value is -1.10. The van der Waals surface area contributed by atoms with E-state index in [-0.39, 0.29) is 30.6 Å². The molecular formula is C10H14N2O3. The molecule has 0 radical (unpaired) electrons. The monoisotopic (exact) mass is 210 g/mol. The van der Waals surface area contributed by atoms with E-state index < -0.39 is 0 Å². The number of carbonyl (C=O) groups excluding carboxylic acids is 2. The zero-order valence-corrected chi connectivity index (χ0v) is 8.44. The van der Waals surface area contributed by atoms with Gasteiger partial charge in [-0.2, -0.15) is 0 Å². The fraction of sp³-hybridized carbons (Fsp3) is 0.800. The molecule has 0 bridgehead atoms. The number of rotatable bonds is 2. The number of ether oxygens (including phenoxy) is 1. The van der Waals surface area contributed by atoms with Crippen LogP contribution in [-0.4, -0.2) is 42.1 Å². The lowest BCUT2D eigenvalue weighted by atomic mass is 10.1. The molecule has 5 heteroatoms. The van der Waals surface area contributed by atoms with Crippen LogP contribution in [0.3, 0.4) is 0 Å². The number of nitrogens with zero attached hydrogens (tertiary/aromatic N) is 1. The minimum absolute atomic E-state index is 0.0208. The first-order valence-electron chi connectivity index (χ1n) is 5.49. The zero-order valence-electron chi connectivity index (χ0n) is 8.44. The molecule has 82 valence electrons. The Morgan fingerprint density at radius 2 is 2.07 bits per heavy atom. The maximum Gasteiger partial charge on any atom is 0.324 e. The third kappa shape index (κ3) is 1.42. The first-order chi connectivity index (χ1) is 7.27. The van der Waals surface area contributed by atoms with E-state index in [9.17, 15) is 9.59 Å². The lowest BCUT2D eigenvalue weighted by molar-refractivity contribution is -0.127. The van der Waals surface area contributed by atoms with Crippen LogP contribution in [0.5, 0.6) is 0 Å². The third-order valence-electron chi connectivity index (χ3n) is 3.40. The van der Waals surface area contributed by atoms with Gasteiger partial charge >= 0.3 is 6.03 Å². The van der Waals surface area contributed by atoms with Gasteiger partial charge in [0.15, 0.2) is 0 Å². The Kier molecular flexibility index (Phi) is 1.95. The van der Waals surface area contributed by atoms with Crippen LogP contribution in [0.4, 0.5) is 4.79 Å². The molecule has 3 amide bonds. The lowest BCUT2D eigenvalue weighted by Gasteiger charge is -2.25. The first-order valence-corrected chi connectivity index (χ1v) is 5.49. The molecule has 3 rings (SSSR count). The van der Waals surface area contributed by atoms with Crippen LogP contribution >= 0.6 is 0 Å². The molecule has 0 aromatic rings. The highest BCUT2D eigenvalue weighted by Gasteiger charge is 2.47. The summed E-state index contributed by atoms with van der Waals surface area (Å²) < 4.78 is 5.62. The molecule has 2 atom stereocenters.